The Morgan fingerprint density at radius 2 is 2.14 bits per heavy atom. The molecule has 6 nitrogen and oxygen atoms in total. The Labute approximate surface area is 136 Å². The van der Waals surface area contributed by atoms with E-state index in [0.717, 1.165) is 30.9 Å². The van der Waals surface area contributed by atoms with Crippen LogP contribution < -0.4 is 10.1 Å². The smallest absolute Gasteiger partial charge is 0.241 e. The second-order valence-electron chi connectivity index (χ2n) is 5.33. The molecule has 1 N–H and O–H groups in total. The lowest BCUT2D eigenvalue weighted by atomic mass is 10.2. The number of nitrogens with one attached hydrogen (secondary N) is 1. The van der Waals surface area contributed by atoms with Gasteiger partial charge in [-0.2, -0.15) is 4.98 Å². The summed E-state index contributed by atoms with van der Waals surface area (Å²) in [5, 5.41) is 7.48. The van der Waals surface area contributed by atoms with Crippen molar-refractivity contribution in [3.8, 4) is 17.1 Å². The fourth-order valence-corrected chi connectivity index (χ4v) is 2.52. The molecule has 1 aliphatic heterocycles. The van der Waals surface area contributed by atoms with Crippen LogP contribution in [0.5, 0.6) is 5.75 Å². The minimum atomic E-state index is 0. The van der Waals surface area contributed by atoms with Crippen LogP contribution >= 0.6 is 12.4 Å². The molecule has 1 aliphatic rings. The van der Waals surface area contributed by atoms with Gasteiger partial charge in [0.05, 0.1) is 13.7 Å². The van der Waals surface area contributed by atoms with Crippen LogP contribution in [-0.2, 0) is 6.54 Å². The van der Waals surface area contributed by atoms with Crippen LogP contribution in [0, 0.1) is 0 Å². The first-order valence-corrected chi connectivity index (χ1v) is 7.17. The van der Waals surface area contributed by atoms with Crippen molar-refractivity contribution >= 4 is 12.4 Å². The number of hydrogen-bond donors (Lipinski definition) is 1. The largest absolute Gasteiger partial charge is 0.497 e. The molecule has 7 heteroatoms. The topological polar surface area (TPSA) is 63.4 Å². The van der Waals surface area contributed by atoms with E-state index in [4.69, 9.17) is 9.26 Å². The van der Waals surface area contributed by atoms with Gasteiger partial charge >= 0.3 is 0 Å². The van der Waals surface area contributed by atoms with Crippen molar-refractivity contribution in [3.63, 3.8) is 0 Å². The van der Waals surface area contributed by atoms with Gasteiger partial charge in [0.1, 0.15) is 5.75 Å². The van der Waals surface area contributed by atoms with Crippen LogP contribution in [0.2, 0.25) is 0 Å². The molecule has 0 saturated carbocycles. The van der Waals surface area contributed by atoms with Gasteiger partial charge in [0, 0.05) is 31.2 Å². The average Bonchev–Trinajstić information content (AvgIpc) is 2.96. The van der Waals surface area contributed by atoms with Crippen molar-refractivity contribution in [2.24, 2.45) is 0 Å². The first kappa shape index (κ1) is 16.7. The van der Waals surface area contributed by atoms with Gasteiger partial charge in [-0.3, -0.25) is 4.90 Å². The van der Waals surface area contributed by atoms with E-state index in [2.05, 4.69) is 27.3 Å². The van der Waals surface area contributed by atoms with E-state index < -0.39 is 0 Å². The third kappa shape index (κ3) is 3.97. The highest BCUT2D eigenvalue weighted by atomic mass is 35.5. The second kappa shape index (κ2) is 7.58. The molecular formula is C15H21ClN4O2. The normalized spacial score (nSPS) is 18.7. The summed E-state index contributed by atoms with van der Waals surface area (Å²) in [5.74, 6) is 2.10. The molecule has 120 valence electrons. The molecular weight excluding hydrogens is 304 g/mol. The van der Waals surface area contributed by atoms with Gasteiger partial charge in [-0.15, -0.1) is 12.4 Å². The summed E-state index contributed by atoms with van der Waals surface area (Å²) < 4.78 is 10.5. The molecule has 0 amide bonds. The zero-order valence-corrected chi connectivity index (χ0v) is 13.6. The van der Waals surface area contributed by atoms with Gasteiger partial charge < -0.3 is 14.6 Å². The van der Waals surface area contributed by atoms with E-state index in [1.165, 1.54) is 0 Å². The summed E-state index contributed by atoms with van der Waals surface area (Å²) in [5.41, 5.74) is 0.930. The molecule has 22 heavy (non-hydrogen) atoms. The highest BCUT2D eigenvalue weighted by Gasteiger charge is 2.18. The molecule has 1 aromatic carbocycles. The van der Waals surface area contributed by atoms with Gasteiger partial charge in [0.2, 0.25) is 11.7 Å². The van der Waals surface area contributed by atoms with Crippen molar-refractivity contribution in [2.45, 2.75) is 19.5 Å². The molecule has 2 heterocycles. The zero-order chi connectivity index (χ0) is 14.7. The minimum absolute atomic E-state index is 0. The third-order valence-electron chi connectivity index (χ3n) is 3.63. The number of halogens is 1. The number of ether oxygens (including phenoxy) is 1. The van der Waals surface area contributed by atoms with Crippen molar-refractivity contribution in [2.75, 3.05) is 26.7 Å². The predicted octanol–water partition coefficient (Wildman–Crippen LogP) is 1.96. The van der Waals surface area contributed by atoms with Gasteiger partial charge in [-0.1, -0.05) is 5.16 Å². The molecule has 1 fully saturated rings. The van der Waals surface area contributed by atoms with E-state index in [1.807, 2.05) is 24.3 Å². The number of nitrogens with zero attached hydrogens (tertiary/aromatic N) is 3. The van der Waals surface area contributed by atoms with Gasteiger partial charge in [0.15, 0.2) is 0 Å². The maximum atomic E-state index is 5.36. The molecule has 0 aliphatic carbocycles. The molecule has 0 spiro atoms. The number of rotatable bonds is 4. The van der Waals surface area contributed by atoms with E-state index in [-0.39, 0.29) is 12.4 Å². The molecule has 1 unspecified atom stereocenters. The molecule has 1 saturated heterocycles. The van der Waals surface area contributed by atoms with Crippen molar-refractivity contribution in [3.05, 3.63) is 30.2 Å². The average molecular weight is 325 g/mol. The molecule has 1 aromatic heterocycles. The van der Waals surface area contributed by atoms with Crippen LogP contribution in [0.3, 0.4) is 0 Å². The van der Waals surface area contributed by atoms with Gasteiger partial charge in [-0.25, -0.2) is 0 Å². The fourth-order valence-electron chi connectivity index (χ4n) is 2.52. The Kier molecular flexibility index (Phi) is 5.76. The number of piperazine rings is 1. The summed E-state index contributed by atoms with van der Waals surface area (Å²) >= 11 is 0. The monoisotopic (exact) mass is 324 g/mol. The highest BCUT2D eigenvalue weighted by Crippen LogP contribution is 2.20. The second-order valence-corrected chi connectivity index (χ2v) is 5.33. The lowest BCUT2D eigenvalue weighted by molar-refractivity contribution is 0.177. The molecule has 0 bridgehead atoms. The highest BCUT2D eigenvalue weighted by molar-refractivity contribution is 5.85. The van der Waals surface area contributed by atoms with E-state index in [9.17, 15) is 0 Å². The standard InChI is InChI=1S/C15H20N4O2.ClH/c1-11-9-19(8-7-16-11)10-14-17-15(18-21-14)12-3-5-13(20-2)6-4-12;/h3-6,11,16H,7-10H2,1-2H3;1H. The maximum Gasteiger partial charge on any atom is 0.241 e. The lowest BCUT2D eigenvalue weighted by Crippen LogP contribution is -2.48. The number of aromatic nitrogens is 2. The molecule has 2 aromatic rings. The first-order chi connectivity index (χ1) is 10.2. The quantitative estimate of drug-likeness (QED) is 0.927. The Morgan fingerprint density at radius 1 is 1.36 bits per heavy atom. The van der Waals surface area contributed by atoms with Crippen molar-refractivity contribution in [1.29, 1.82) is 0 Å². The van der Waals surface area contributed by atoms with Crippen LogP contribution in [0.15, 0.2) is 28.8 Å². The Bertz CT molecular complexity index is 587. The summed E-state index contributed by atoms with van der Waals surface area (Å²) in [6, 6.07) is 8.15. The maximum absolute atomic E-state index is 5.36. The van der Waals surface area contributed by atoms with Crippen molar-refractivity contribution < 1.29 is 9.26 Å². The van der Waals surface area contributed by atoms with Gasteiger partial charge in [0.25, 0.3) is 0 Å². The predicted molar refractivity (Wildman–Crippen MR) is 86.3 cm³/mol. The fraction of sp³-hybridized carbons (Fsp3) is 0.467. The van der Waals surface area contributed by atoms with E-state index in [0.29, 0.717) is 24.3 Å². The molecule has 0 radical (unpaired) electrons. The number of hydrogen-bond acceptors (Lipinski definition) is 6. The summed E-state index contributed by atoms with van der Waals surface area (Å²) in [6.07, 6.45) is 0. The summed E-state index contributed by atoms with van der Waals surface area (Å²) in [6.45, 7) is 5.89. The van der Waals surface area contributed by atoms with E-state index >= 15 is 0 Å². The third-order valence-corrected chi connectivity index (χ3v) is 3.63. The van der Waals surface area contributed by atoms with E-state index in [1.54, 1.807) is 7.11 Å². The van der Waals surface area contributed by atoms with Crippen LogP contribution in [0.25, 0.3) is 11.4 Å². The number of methoxy groups -OCH3 is 1. The summed E-state index contributed by atoms with van der Waals surface area (Å²) in [4.78, 5) is 6.80. The van der Waals surface area contributed by atoms with Gasteiger partial charge in [-0.05, 0) is 31.2 Å². The van der Waals surface area contributed by atoms with Crippen LogP contribution in [0.4, 0.5) is 0 Å². The zero-order valence-electron chi connectivity index (χ0n) is 12.8. The van der Waals surface area contributed by atoms with Crippen molar-refractivity contribution in [1.82, 2.24) is 20.4 Å². The first-order valence-electron chi connectivity index (χ1n) is 7.17. The SMILES string of the molecule is COc1ccc(-c2noc(CN3CCNC(C)C3)n2)cc1.Cl. The summed E-state index contributed by atoms with van der Waals surface area (Å²) in [7, 11) is 1.65. The van der Waals surface area contributed by atoms with Crippen LogP contribution in [-0.4, -0.2) is 47.8 Å². The Morgan fingerprint density at radius 3 is 2.82 bits per heavy atom. The Balaban J connectivity index is 0.00000176. The Hall–Kier alpha value is -1.63. The molecule has 1 atom stereocenters. The number of benzene rings is 1. The lowest BCUT2D eigenvalue weighted by Gasteiger charge is -2.30. The van der Waals surface area contributed by atoms with Crippen LogP contribution in [0.1, 0.15) is 12.8 Å². The molecule has 3 rings (SSSR count). The minimum Gasteiger partial charge on any atom is -0.497 e.